The average Bonchev–Trinajstić information content (AvgIpc) is 2.89. The normalized spacial score (nSPS) is 12.2. The van der Waals surface area contributed by atoms with Gasteiger partial charge in [0.05, 0.1) is 0 Å². The summed E-state index contributed by atoms with van der Waals surface area (Å²) in [7, 11) is 0. The second kappa shape index (κ2) is 5.36. The van der Waals surface area contributed by atoms with E-state index in [-0.39, 0.29) is 5.78 Å². The molecule has 0 aromatic heterocycles. The average molecular weight is 319 g/mol. The highest BCUT2D eigenvalue weighted by Gasteiger charge is 2.28. The van der Waals surface area contributed by atoms with Crippen LogP contribution in [0.15, 0.2) is 60.7 Å². The molecule has 0 unspecified atom stereocenters. The lowest BCUT2D eigenvalue weighted by atomic mass is 9.94. The van der Waals surface area contributed by atoms with E-state index in [9.17, 15) is 4.79 Å². The predicted molar refractivity (Wildman–Crippen MR) is 95.1 cm³/mol. The van der Waals surface area contributed by atoms with Crippen LogP contribution in [0.1, 0.15) is 28.4 Å². The molecule has 0 heterocycles. The fourth-order valence-electron chi connectivity index (χ4n) is 3.33. The first-order valence-corrected chi connectivity index (χ1v) is 8.14. The number of rotatable bonds is 2. The zero-order valence-corrected chi connectivity index (χ0v) is 13.5. The van der Waals surface area contributed by atoms with Crippen molar-refractivity contribution in [1.82, 2.24) is 0 Å². The number of aryl methyl sites for hydroxylation is 1. The van der Waals surface area contributed by atoms with E-state index in [1.807, 2.05) is 54.6 Å². The van der Waals surface area contributed by atoms with Crippen LogP contribution in [0.25, 0.3) is 22.3 Å². The molecule has 0 saturated carbocycles. The first kappa shape index (κ1) is 14.2. The van der Waals surface area contributed by atoms with Crippen LogP contribution in [0.5, 0.6) is 0 Å². The van der Waals surface area contributed by atoms with Crippen LogP contribution in [0.2, 0.25) is 5.02 Å². The molecule has 23 heavy (non-hydrogen) atoms. The van der Waals surface area contributed by atoms with E-state index in [2.05, 4.69) is 13.0 Å². The number of hydrogen-bond acceptors (Lipinski definition) is 1. The van der Waals surface area contributed by atoms with E-state index in [0.29, 0.717) is 0 Å². The smallest absolute Gasteiger partial charge is 0.194 e. The van der Waals surface area contributed by atoms with Gasteiger partial charge < -0.3 is 0 Å². The van der Waals surface area contributed by atoms with E-state index < -0.39 is 0 Å². The molecule has 0 amide bonds. The van der Waals surface area contributed by atoms with E-state index in [0.717, 1.165) is 50.4 Å². The molecule has 0 aliphatic heterocycles. The predicted octanol–water partition coefficient (Wildman–Crippen LogP) is 5.78. The summed E-state index contributed by atoms with van der Waals surface area (Å²) in [5, 5.41) is 0.776. The summed E-state index contributed by atoms with van der Waals surface area (Å²) < 4.78 is 0. The molecule has 1 nitrogen and oxygen atoms in total. The SMILES string of the molecule is CCc1cc(-c2cccc3c2C(=O)c2ccccc2-3)ccc1Cl. The lowest BCUT2D eigenvalue weighted by Gasteiger charge is -2.10. The molecule has 3 aromatic carbocycles. The summed E-state index contributed by atoms with van der Waals surface area (Å²) in [4.78, 5) is 12.9. The van der Waals surface area contributed by atoms with Crippen molar-refractivity contribution in [1.29, 1.82) is 0 Å². The van der Waals surface area contributed by atoms with Crippen LogP contribution in [0.4, 0.5) is 0 Å². The van der Waals surface area contributed by atoms with Gasteiger partial charge in [0, 0.05) is 16.1 Å². The summed E-state index contributed by atoms with van der Waals surface area (Å²) in [5.74, 6) is 0.110. The first-order valence-electron chi connectivity index (χ1n) is 7.76. The molecule has 1 aliphatic rings. The second-order valence-corrected chi connectivity index (χ2v) is 6.17. The topological polar surface area (TPSA) is 17.1 Å². The molecule has 0 saturated heterocycles. The maximum absolute atomic E-state index is 12.9. The number of halogens is 1. The fraction of sp³-hybridized carbons (Fsp3) is 0.0952. The highest BCUT2D eigenvalue weighted by molar-refractivity contribution is 6.31. The summed E-state index contributed by atoms with van der Waals surface area (Å²) in [6.45, 7) is 2.08. The number of carbonyl (C=O) groups excluding carboxylic acids is 1. The van der Waals surface area contributed by atoms with Crippen LogP contribution >= 0.6 is 11.6 Å². The molecule has 112 valence electrons. The van der Waals surface area contributed by atoms with E-state index >= 15 is 0 Å². The van der Waals surface area contributed by atoms with Gasteiger partial charge >= 0.3 is 0 Å². The quantitative estimate of drug-likeness (QED) is 0.458. The van der Waals surface area contributed by atoms with Gasteiger partial charge in [-0.15, -0.1) is 0 Å². The van der Waals surface area contributed by atoms with Crippen molar-refractivity contribution in [2.45, 2.75) is 13.3 Å². The number of fused-ring (bicyclic) bond motifs is 3. The third kappa shape index (κ3) is 2.12. The third-order valence-electron chi connectivity index (χ3n) is 4.49. The van der Waals surface area contributed by atoms with E-state index in [1.54, 1.807) is 0 Å². The van der Waals surface area contributed by atoms with Gasteiger partial charge in [-0.1, -0.05) is 67.1 Å². The molecule has 0 radical (unpaired) electrons. The molecular weight excluding hydrogens is 304 g/mol. The Balaban J connectivity index is 1.96. The molecule has 2 heteroatoms. The molecule has 4 rings (SSSR count). The zero-order chi connectivity index (χ0) is 16.0. The van der Waals surface area contributed by atoms with Crippen LogP contribution < -0.4 is 0 Å². The summed E-state index contributed by atoms with van der Waals surface area (Å²) in [5.41, 5.74) is 6.77. The van der Waals surface area contributed by atoms with Crippen LogP contribution in [-0.2, 0) is 6.42 Å². The Morgan fingerprint density at radius 2 is 1.52 bits per heavy atom. The summed E-state index contributed by atoms with van der Waals surface area (Å²) in [6.07, 6.45) is 0.871. The van der Waals surface area contributed by atoms with Crippen molar-refractivity contribution < 1.29 is 4.79 Å². The number of carbonyl (C=O) groups is 1. The van der Waals surface area contributed by atoms with Crippen LogP contribution in [0.3, 0.4) is 0 Å². The van der Waals surface area contributed by atoms with Gasteiger partial charge in [0.15, 0.2) is 5.78 Å². The number of hydrogen-bond donors (Lipinski definition) is 0. The number of ketones is 1. The molecule has 3 aromatic rings. The lowest BCUT2D eigenvalue weighted by Crippen LogP contribution is -1.98. The Labute approximate surface area is 140 Å². The molecule has 0 N–H and O–H groups in total. The minimum atomic E-state index is 0.110. The summed E-state index contributed by atoms with van der Waals surface area (Å²) >= 11 is 6.24. The maximum Gasteiger partial charge on any atom is 0.194 e. The monoisotopic (exact) mass is 318 g/mol. The minimum absolute atomic E-state index is 0.110. The van der Waals surface area contributed by atoms with Gasteiger partial charge in [-0.3, -0.25) is 4.79 Å². The van der Waals surface area contributed by atoms with E-state index in [1.165, 1.54) is 0 Å². The van der Waals surface area contributed by atoms with Crippen molar-refractivity contribution in [3.8, 4) is 22.3 Å². The van der Waals surface area contributed by atoms with Gasteiger partial charge in [-0.05, 0) is 46.4 Å². The highest BCUT2D eigenvalue weighted by Crippen LogP contribution is 2.41. The fourth-order valence-corrected chi connectivity index (χ4v) is 3.58. The lowest BCUT2D eigenvalue weighted by molar-refractivity contribution is 0.104. The van der Waals surface area contributed by atoms with E-state index in [4.69, 9.17) is 11.6 Å². The second-order valence-electron chi connectivity index (χ2n) is 5.76. The van der Waals surface area contributed by atoms with Gasteiger partial charge in [-0.2, -0.15) is 0 Å². The van der Waals surface area contributed by atoms with Crippen molar-refractivity contribution in [3.05, 3.63) is 82.4 Å². The van der Waals surface area contributed by atoms with Crippen molar-refractivity contribution in [3.63, 3.8) is 0 Å². The standard InChI is InChI=1S/C21H15ClO/c1-2-13-12-14(10-11-19(13)22)15-8-5-9-17-16-6-3-4-7-18(16)21(23)20(15)17/h3-12H,2H2,1H3. The Morgan fingerprint density at radius 1 is 0.826 bits per heavy atom. The Hall–Kier alpha value is -2.38. The first-order chi connectivity index (χ1) is 11.2. The van der Waals surface area contributed by atoms with Crippen molar-refractivity contribution in [2.24, 2.45) is 0 Å². The molecule has 0 fully saturated rings. The molecule has 0 atom stereocenters. The molecule has 0 bridgehead atoms. The Bertz CT molecular complexity index is 940. The van der Waals surface area contributed by atoms with Gasteiger partial charge in [0.2, 0.25) is 0 Å². The minimum Gasteiger partial charge on any atom is -0.289 e. The number of benzene rings is 3. The molecule has 1 aliphatic carbocycles. The maximum atomic E-state index is 12.9. The van der Waals surface area contributed by atoms with Crippen molar-refractivity contribution in [2.75, 3.05) is 0 Å². The Morgan fingerprint density at radius 3 is 2.30 bits per heavy atom. The third-order valence-corrected chi connectivity index (χ3v) is 4.86. The van der Waals surface area contributed by atoms with Gasteiger partial charge in [0.1, 0.15) is 0 Å². The van der Waals surface area contributed by atoms with Crippen LogP contribution in [-0.4, -0.2) is 5.78 Å². The van der Waals surface area contributed by atoms with Crippen LogP contribution in [0, 0.1) is 0 Å². The zero-order valence-electron chi connectivity index (χ0n) is 12.8. The largest absolute Gasteiger partial charge is 0.289 e. The Kier molecular flexibility index (Phi) is 3.32. The summed E-state index contributed by atoms with van der Waals surface area (Å²) in [6, 6.07) is 19.9. The van der Waals surface area contributed by atoms with Gasteiger partial charge in [0.25, 0.3) is 0 Å². The molecule has 0 spiro atoms. The highest BCUT2D eigenvalue weighted by atomic mass is 35.5. The van der Waals surface area contributed by atoms with Gasteiger partial charge in [-0.25, -0.2) is 0 Å². The van der Waals surface area contributed by atoms with Crippen molar-refractivity contribution >= 4 is 17.4 Å². The molecular formula is C21H15ClO.